The van der Waals surface area contributed by atoms with E-state index in [-0.39, 0.29) is 39.6 Å². The maximum atomic E-state index is 14.8. The number of carbonyl (C=O) groups is 1. The van der Waals surface area contributed by atoms with E-state index >= 15 is 0 Å². The molecule has 0 spiro atoms. The Morgan fingerprint density at radius 2 is 1.90 bits per heavy atom. The number of aromatic nitrogens is 4. The molecule has 3 aromatic rings. The number of carbonyl (C=O) groups excluding carboxylic acids is 1. The fraction of sp³-hybridized carbons (Fsp3) is 0.500. The highest BCUT2D eigenvalue weighted by molar-refractivity contribution is 7.88. The van der Waals surface area contributed by atoms with E-state index in [2.05, 4.69) is 20.6 Å². The summed E-state index contributed by atoms with van der Waals surface area (Å²) in [6, 6.07) is 2.34. The van der Waals surface area contributed by atoms with Gasteiger partial charge < -0.3 is 16.4 Å². The second-order valence-corrected chi connectivity index (χ2v) is 12.9. The van der Waals surface area contributed by atoms with Crippen LogP contribution in [0.15, 0.2) is 18.3 Å². The Morgan fingerprint density at radius 1 is 1.15 bits per heavy atom. The fourth-order valence-corrected chi connectivity index (χ4v) is 6.76. The van der Waals surface area contributed by atoms with Gasteiger partial charge in [0.05, 0.1) is 23.2 Å². The van der Waals surface area contributed by atoms with Crippen LogP contribution in [0.3, 0.4) is 0 Å². The zero-order valence-corrected chi connectivity index (χ0v) is 23.5. The summed E-state index contributed by atoms with van der Waals surface area (Å²) in [5, 5.41) is 6.54. The largest absolute Gasteiger partial charge is 0.369 e. The predicted octanol–water partition coefficient (Wildman–Crippen LogP) is 4.07. The fourth-order valence-electron chi connectivity index (χ4n) is 5.33. The van der Waals surface area contributed by atoms with Crippen LogP contribution in [0.2, 0.25) is 10.0 Å². The van der Waals surface area contributed by atoms with Crippen molar-refractivity contribution in [1.82, 2.24) is 23.8 Å². The smallest absolute Gasteiger partial charge is 0.225 e. The molecule has 1 saturated carbocycles. The zero-order chi connectivity index (χ0) is 27.9. The van der Waals surface area contributed by atoms with Gasteiger partial charge in [0, 0.05) is 36.1 Å². The van der Waals surface area contributed by atoms with Crippen LogP contribution in [-0.4, -0.2) is 63.5 Å². The summed E-state index contributed by atoms with van der Waals surface area (Å²) in [6.45, 7) is 0.800. The molecule has 2 fully saturated rings. The van der Waals surface area contributed by atoms with Gasteiger partial charge in [-0.3, -0.25) is 9.36 Å². The van der Waals surface area contributed by atoms with Crippen LogP contribution in [0.5, 0.6) is 0 Å². The van der Waals surface area contributed by atoms with E-state index in [1.165, 1.54) is 16.6 Å². The maximum Gasteiger partial charge on any atom is 0.225 e. The van der Waals surface area contributed by atoms with Gasteiger partial charge >= 0.3 is 0 Å². The number of nitrogens with zero attached hydrogens (tertiary/aromatic N) is 5. The molecular weight excluding hydrogens is 570 g/mol. The van der Waals surface area contributed by atoms with Crippen molar-refractivity contribution in [2.45, 2.75) is 50.6 Å². The minimum absolute atomic E-state index is 0.0258. The number of piperidine rings is 1. The molecule has 1 aliphatic heterocycles. The third-order valence-electron chi connectivity index (χ3n) is 7.33. The molecule has 0 radical (unpaired) electrons. The van der Waals surface area contributed by atoms with Gasteiger partial charge in [0.1, 0.15) is 11.3 Å². The molecule has 2 aliphatic rings. The molecule has 15 heteroatoms. The van der Waals surface area contributed by atoms with Gasteiger partial charge in [0.15, 0.2) is 5.65 Å². The second kappa shape index (κ2) is 11.0. The summed E-state index contributed by atoms with van der Waals surface area (Å²) >= 11 is 12.2. The SMILES string of the molecule is CS(=O)(=O)N1CCCC(Nc2ncc3nc(Nc4c(F)cc(Cl)cc4Cl)n(C4CCC(C(N)=O)CC4)c3n2)C1. The molecule has 3 heterocycles. The number of halogens is 3. The number of anilines is 3. The number of benzene rings is 1. The van der Waals surface area contributed by atoms with Gasteiger partial charge in [0.25, 0.3) is 0 Å². The summed E-state index contributed by atoms with van der Waals surface area (Å²) in [7, 11) is -3.31. The lowest BCUT2D eigenvalue weighted by atomic mass is 9.85. The van der Waals surface area contributed by atoms with Gasteiger partial charge in [-0.1, -0.05) is 23.2 Å². The average molecular weight is 600 g/mol. The molecule has 39 heavy (non-hydrogen) atoms. The highest BCUT2D eigenvalue weighted by atomic mass is 35.5. The van der Waals surface area contributed by atoms with Gasteiger partial charge in [-0.05, 0) is 50.7 Å². The van der Waals surface area contributed by atoms with Crippen molar-refractivity contribution in [2.75, 3.05) is 30.0 Å². The lowest BCUT2D eigenvalue weighted by Crippen LogP contribution is -2.44. The van der Waals surface area contributed by atoms with E-state index in [0.29, 0.717) is 61.8 Å². The molecule has 1 atom stereocenters. The molecule has 1 saturated heterocycles. The first-order chi connectivity index (χ1) is 18.5. The van der Waals surface area contributed by atoms with Crippen molar-refractivity contribution in [3.05, 3.63) is 34.2 Å². The summed E-state index contributed by atoms with van der Waals surface area (Å²) in [4.78, 5) is 25.5. The number of amides is 1. The molecule has 11 nitrogen and oxygen atoms in total. The topological polar surface area (TPSA) is 148 Å². The standard InChI is InChI=1S/C24H29Cl2FN8O3S/c1-39(37,38)34-8-2-3-15(12-34)30-23-29-11-19-22(33-23)35(16-6-4-13(5-7-16)21(28)36)24(31-19)32-20-17(26)9-14(25)10-18(20)27/h9-11,13,15-16H,2-8,12H2,1H3,(H2,28,36)(H,31,32)(H,29,30,33). The Kier molecular flexibility index (Phi) is 7.86. The molecule has 1 aliphatic carbocycles. The van der Waals surface area contributed by atoms with Crippen molar-refractivity contribution in [3.8, 4) is 0 Å². The highest BCUT2D eigenvalue weighted by Gasteiger charge is 2.30. The molecule has 210 valence electrons. The monoisotopic (exact) mass is 598 g/mol. The quantitative estimate of drug-likeness (QED) is 0.368. The van der Waals surface area contributed by atoms with Gasteiger partial charge in [-0.25, -0.2) is 27.1 Å². The van der Waals surface area contributed by atoms with Crippen molar-refractivity contribution in [3.63, 3.8) is 0 Å². The molecule has 1 amide bonds. The van der Waals surface area contributed by atoms with E-state index in [9.17, 15) is 17.6 Å². The van der Waals surface area contributed by atoms with E-state index in [4.69, 9.17) is 33.9 Å². The van der Waals surface area contributed by atoms with Crippen LogP contribution in [0.25, 0.3) is 11.2 Å². The lowest BCUT2D eigenvalue weighted by Gasteiger charge is -2.31. The minimum Gasteiger partial charge on any atom is -0.369 e. The molecule has 1 unspecified atom stereocenters. The third-order valence-corrected chi connectivity index (χ3v) is 9.11. The number of primary amides is 1. The maximum absolute atomic E-state index is 14.8. The molecule has 4 N–H and O–H groups in total. The number of imidazole rings is 1. The average Bonchev–Trinajstić information content (AvgIpc) is 3.23. The first kappa shape index (κ1) is 27.8. The van der Waals surface area contributed by atoms with Gasteiger partial charge in [-0.15, -0.1) is 0 Å². The summed E-state index contributed by atoms with van der Waals surface area (Å²) in [6.07, 6.45) is 6.75. The number of hydrogen-bond donors (Lipinski definition) is 3. The Morgan fingerprint density at radius 3 is 2.56 bits per heavy atom. The van der Waals surface area contributed by atoms with E-state index < -0.39 is 15.8 Å². The number of fused-ring (bicyclic) bond motifs is 1. The summed E-state index contributed by atoms with van der Waals surface area (Å²) < 4.78 is 42.2. The Hall–Kier alpha value is -2.74. The van der Waals surface area contributed by atoms with Crippen LogP contribution >= 0.6 is 23.2 Å². The van der Waals surface area contributed by atoms with Crippen LogP contribution in [0.1, 0.15) is 44.6 Å². The van der Waals surface area contributed by atoms with E-state index in [1.807, 2.05) is 4.57 Å². The highest BCUT2D eigenvalue weighted by Crippen LogP contribution is 2.38. The number of rotatable bonds is 7. The second-order valence-electron chi connectivity index (χ2n) is 10.1. The van der Waals surface area contributed by atoms with E-state index in [1.54, 1.807) is 6.20 Å². The van der Waals surface area contributed by atoms with Gasteiger partial charge in [-0.2, -0.15) is 4.98 Å². The Bertz CT molecular complexity index is 1490. The minimum atomic E-state index is -3.31. The van der Waals surface area contributed by atoms with Gasteiger partial charge in [0.2, 0.25) is 27.8 Å². The molecule has 1 aromatic carbocycles. The number of hydrogen-bond acceptors (Lipinski definition) is 8. The lowest BCUT2D eigenvalue weighted by molar-refractivity contribution is -0.122. The number of nitrogens with one attached hydrogen (secondary N) is 2. The number of sulfonamides is 1. The van der Waals surface area contributed by atoms with Crippen LogP contribution in [0, 0.1) is 11.7 Å². The normalized spacial score (nSPS) is 22.6. The first-order valence-corrected chi connectivity index (χ1v) is 15.3. The molecule has 2 aromatic heterocycles. The predicted molar refractivity (Wildman–Crippen MR) is 148 cm³/mol. The van der Waals surface area contributed by atoms with Crippen molar-refractivity contribution in [2.24, 2.45) is 11.7 Å². The summed E-state index contributed by atoms with van der Waals surface area (Å²) in [5.74, 6) is -0.502. The van der Waals surface area contributed by atoms with E-state index in [0.717, 1.165) is 18.9 Å². The van der Waals surface area contributed by atoms with Crippen LogP contribution < -0.4 is 16.4 Å². The molecule has 0 bridgehead atoms. The Balaban J connectivity index is 1.50. The van der Waals surface area contributed by atoms with Crippen LogP contribution in [-0.2, 0) is 14.8 Å². The van der Waals surface area contributed by atoms with Crippen molar-refractivity contribution in [1.29, 1.82) is 0 Å². The Labute approximate surface area is 235 Å². The van der Waals surface area contributed by atoms with Crippen molar-refractivity contribution < 1.29 is 17.6 Å². The summed E-state index contributed by atoms with van der Waals surface area (Å²) in [5.41, 5.74) is 6.55. The number of nitrogens with two attached hydrogens (primary N) is 1. The van der Waals surface area contributed by atoms with Crippen molar-refractivity contribution >= 4 is 67.9 Å². The molecular formula is C24H29Cl2FN8O3S. The molecule has 5 rings (SSSR count). The first-order valence-electron chi connectivity index (χ1n) is 12.7. The zero-order valence-electron chi connectivity index (χ0n) is 21.2. The van der Waals surface area contributed by atoms with Crippen LogP contribution in [0.4, 0.5) is 22.0 Å². The third kappa shape index (κ3) is 6.06.